The molecule has 1 unspecified atom stereocenters. The van der Waals surface area contributed by atoms with Gasteiger partial charge in [-0.25, -0.2) is 0 Å². The number of nitrogens with one attached hydrogen (secondary N) is 1. The summed E-state index contributed by atoms with van der Waals surface area (Å²) in [5.41, 5.74) is 2.61. The van der Waals surface area contributed by atoms with Crippen molar-refractivity contribution in [3.05, 3.63) is 112 Å². The number of H-pyrrole nitrogens is 1. The molecule has 0 fully saturated rings. The zero-order valence-corrected chi connectivity index (χ0v) is 19.0. The smallest absolute Gasteiger partial charge is 0.290 e. The molecule has 0 spiro atoms. The third kappa shape index (κ3) is 3.48. The molecule has 2 aromatic carbocycles. The number of aliphatic hydroxyl groups is 1. The van der Waals surface area contributed by atoms with Gasteiger partial charge in [-0.2, -0.15) is 0 Å². The minimum absolute atomic E-state index is 0.0149. The van der Waals surface area contributed by atoms with Crippen LogP contribution in [0.15, 0.2) is 94.9 Å². The number of ketones is 1. The molecule has 8 heteroatoms. The first-order valence-corrected chi connectivity index (χ1v) is 11.3. The number of nitrogens with zero attached hydrogens (tertiary/aromatic N) is 2. The lowest BCUT2D eigenvalue weighted by Gasteiger charge is -2.26. The van der Waals surface area contributed by atoms with Crippen molar-refractivity contribution in [2.45, 2.75) is 12.6 Å². The van der Waals surface area contributed by atoms with E-state index in [1.54, 1.807) is 48.8 Å². The first kappa shape index (κ1) is 21.2. The minimum atomic E-state index is -0.843. The zero-order valence-electron chi connectivity index (χ0n) is 18.2. The Kier molecular flexibility index (Phi) is 4.93. The van der Waals surface area contributed by atoms with Crippen LogP contribution in [-0.2, 0) is 11.3 Å². The highest BCUT2D eigenvalue weighted by Gasteiger charge is 2.45. The van der Waals surface area contributed by atoms with Crippen molar-refractivity contribution in [1.82, 2.24) is 14.9 Å². The van der Waals surface area contributed by atoms with Gasteiger partial charge in [0, 0.05) is 39.3 Å². The fraction of sp³-hybridized carbons (Fsp3) is 0.0741. The molecule has 2 N–H and O–H groups in total. The molecule has 0 aliphatic carbocycles. The van der Waals surface area contributed by atoms with E-state index in [0.717, 1.165) is 10.9 Å². The summed E-state index contributed by atoms with van der Waals surface area (Å²) in [5.74, 6) is -1.80. The molecule has 1 atom stereocenters. The van der Waals surface area contributed by atoms with Gasteiger partial charge >= 0.3 is 0 Å². The van der Waals surface area contributed by atoms with Crippen molar-refractivity contribution < 1.29 is 19.1 Å². The largest absolute Gasteiger partial charge is 0.503 e. The number of aromatic amines is 1. The summed E-state index contributed by atoms with van der Waals surface area (Å²) in [4.78, 5) is 36.0. The van der Waals surface area contributed by atoms with Crippen molar-refractivity contribution in [1.29, 1.82) is 0 Å². The maximum atomic E-state index is 13.7. The van der Waals surface area contributed by atoms with Crippen LogP contribution in [0.1, 0.15) is 27.9 Å². The highest BCUT2D eigenvalue weighted by atomic mass is 35.5. The first-order chi connectivity index (χ1) is 17.0. The van der Waals surface area contributed by atoms with Gasteiger partial charge in [0.2, 0.25) is 5.78 Å². The Morgan fingerprint density at radius 2 is 1.94 bits per heavy atom. The maximum Gasteiger partial charge on any atom is 0.290 e. The molecule has 1 aliphatic heterocycles. The Bertz CT molecular complexity index is 1650. The van der Waals surface area contributed by atoms with Gasteiger partial charge < -0.3 is 19.4 Å². The number of aromatic nitrogens is 2. The molecule has 35 heavy (non-hydrogen) atoms. The molecule has 1 aliphatic rings. The monoisotopic (exact) mass is 483 g/mol. The fourth-order valence-corrected chi connectivity index (χ4v) is 4.80. The second-order valence-electron chi connectivity index (χ2n) is 8.33. The molecule has 0 radical (unpaired) electrons. The van der Waals surface area contributed by atoms with Crippen molar-refractivity contribution >= 4 is 45.2 Å². The van der Waals surface area contributed by atoms with Crippen LogP contribution in [0.4, 0.5) is 0 Å². The van der Waals surface area contributed by atoms with E-state index in [9.17, 15) is 14.7 Å². The molecule has 6 rings (SSSR count). The predicted octanol–water partition coefficient (Wildman–Crippen LogP) is 5.74. The maximum absolute atomic E-state index is 13.7. The molecule has 3 aromatic heterocycles. The molecule has 0 saturated heterocycles. The van der Waals surface area contributed by atoms with E-state index in [4.69, 9.17) is 16.0 Å². The normalized spacial score (nSPS) is 16.1. The summed E-state index contributed by atoms with van der Waals surface area (Å²) in [5, 5.41) is 13.0. The molecule has 4 heterocycles. The number of aliphatic hydroxyl groups excluding tert-OH is 1. The number of carbonyl (C=O) groups excluding carboxylic acids is 2. The van der Waals surface area contributed by atoms with E-state index in [0.29, 0.717) is 27.2 Å². The van der Waals surface area contributed by atoms with Crippen molar-refractivity contribution in [3.8, 4) is 0 Å². The van der Waals surface area contributed by atoms with Gasteiger partial charge in [0.05, 0.1) is 23.9 Å². The summed E-state index contributed by atoms with van der Waals surface area (Å²) >= 11 is 6.08. The minimum Gasteiger partial charge on any atom is -0.503 e. The van der Waals surface area contributed by atoms with Gasteiger partial charge in [0.1, 0.15) is 5.58 Å². The van der Waals surface area contributed by atoms with Gasteiger partial charge in [-0.1, -0.05) is 35.9 Å². The molecular formula is C27H18ClN3O4. The van der Waals surface area contributed by atoms with Crippen LogP contribution in [-0.4, -0.2) is 31.7 Å². The van der Waals surface area contributed by atoms with E-state index >= 15 is 0 Å². The number of carbonyl (C=O) groups is 2. The van der Waals surface area contributed by atoms with Crippen LogP contribution in [0.2, 0.25) is 5.02 Å². The fourth-order valence-electron chi connectivity index (χ4n) is 4.62. The number of halogens is 1. The third-order valence-corrected chi connectivity index (χ3v) is 6.46. The van der Waals surface area contributed by atoms with Crippen LogP contribution < -0.4 is 0 Å². The standard InChI is InChI=1S/C27H18ClN3O4/c28-16-8-9-21-15(11-16)12-22(35-21)25(32)23-24(19-13-30-20-7-2-1-6-18(19)20)31(27(34)26(23)33)14-17-5-3-4-10-29-17/h1-13,24,30,33H,14H2. The van der Waals surface area contributed by atoms with Gasteiger partial charge in [0.15, 0.2) is 11.5 Å². The number of Topliss-reactive ketones (excluding diaryl/α,β-unsaturated/α-hetero) is 1. The van der Waals surface area contributed by atoms with E-state index in [1.165, 1.54) is 4.90 Å². The number of para-hydroxylation sites is 1. The average molecular weight is 484 g/mol. The summed E-state index contributed by atoms with van der Waals surface area (Å²) in [6, 6.07) is 18.8. The lowest BCUT2D eigenvalue weighted by atomic mass is 9.94. The molecule has 0 saturated carbocycles. The van der Waals surface area contributed by atoms with Crippen LogP contribution in [0.25, 0.3) is 21.9 Å². The quantitative estimate of drug-likeness (QED) is 0.310. The van der Waals surface area contributed by atoms with Crippen LogP contribution in [0.5, 0.6) is 0 Å². The number of pyridine rings is 1. The van der Waals surface area contributed by atoms with Crippen molar-refractivity contribution in [3.63, 3.8) is 0 Å². The topological polar surface area (TPSA) is 99.4 Å². The lowest BCUT2D eigenvalue weighted by Crippen LogP contribution is -2.31. The van der Waals surface area contributed by atoms with Gasteiger partial charge in [-0.05, 0) is 42.5 Å². The Balaban J connectivity index is 1.50. The number of amides is 1. The SMILES string of the molecule is O=C(C1=C(O)C(=O)N(Cc2ccccn2)C1c1c[nH]c2ccccc12)c1cc2cc(Cl)ccc2o1. The van der Waals surface area contributed by atoms with Crippen molar-refractivity contribution in [2.75, 3.05) is 0 Å². The summed E-state index contributed by atoms with van der Waals surface area (Å²) < 4.78 is 5.78. The van der Waals surface area contributed by atoms with E-state index in [2.05, 4.69) is 9.97 Å². The van der Waals surface area contributed by atoms with Gasteiger partial charge in [0.25, 0.3) is 5.91 Å². The summed E-state index contributed by atoms with van der Waals surface area (Å²) in [6.07, 6.45) is 3.40. The summed E-state index contributed by atoms with van der Waals surface area (Å²) in [7, 11) is 0. The Labute approximate surface area is 204 Å². The molecule has 7 nitrogen and oxygen atoms in total. The lowest BCUT2D eigenvalue weighted by molar-refractivity contribution is -0.130. The molecular weight excluding hydrogens is 466 g/mol. The number of hydrogen-bond donors (Lipinski definition) is 2. The second-order valence-corrected chi connectivity index (χ2v) is 8.77. The number of benzene rings is 2. The summed E-state index contributed by atoms with van der Waals surface area (Å²) in [6.45, 7) is 0.112. The molecule has 172 valence electrons. The number of fused-ring (bicyclic) bond motifs is 2. The van der Waals surface area contributed by atoms with Crippen LogP contribution in [0, 0.1) is 0 Å². The van der Waals surface area contributed by atoms with E-state index < -0.39 is 23.5 Å². The number of hydrogen-bond acceptors (Lipinski definition) is 5. The Hall–Kier alpha value is -4.36. The first-order valence-electron chi connectivity index (χ1n) is 10.9. The number of rotatable bonds is 5. The van der Waals surface area contributed by atoms with Crippen LogP contribution >= 0.6 is 11.6 Å². The second kappa shape index (κ2) is 8.14. The highest BCUT2D eigenvalue weighted by Crippen LogP contribution is 2.42. The highest BCUT2D eigenvalue weighted by molar-refractivity contribution is 6.31. The Morgan fingerprint density at radius 1 is 1.11 bits per heavy atom. The number of furan rings is 1. The van der Waals surface area contributed by atoms with Crippen LogP contribution in [0.3, 0.4) is 0 Å². The van der Waals surface area contributed by atoms with E-state index in [1.807, 2.05) is 30.3 Å². The van der Waals surface area contributed by atoms with E-state index in [-0.39, 0.29) is 17.9 Å². The third-order valence-electron chi connectivity index (χ3n) is 6.22. The Morgan fingerprint density at radius 3 is 2.77 bits per heavy atom. The molecule has 5 aromatic rings. The molecule has 0 bridgehead atoms. The van der Waals surface area contributed by atoms with Gasteiger partial charge in [-0.15, -0.1) is 0 Å². The predicted molar refractivity (Wildman–Crippen MR) is 131 cm³/mol. The van der Waals surface area contributed by atoms with Gasteiger partial charge in [-0.3, -0.25) is 14.6 Å². The zero-order chi connectivity index (χ0) is 24.1. The van der Waals surface area contributed by atoms with Crippen molar-refractivity contribution in [2.24, 2.45) is 0 Å². The average Bonchev–Trinajstić information content (AvgIpc) is 3.55. The molecule has 1 amide bonds.